The Hall–Kier alpha value is -1.43. The van der Waals surface area contributed by atoms with E-state index in [2.05, 4.69) is 15.4 Å². The molecule has 0 aliphatic heterocycles. The van der Waals surface area contributed by atoms with Gasteiger partial charge < -0.3 is 0 Å². The van der Waals surface area contributed by atoms with Crippen molar-refractivity contribution in [1.29, 1.82) is 0 Å². The largest absolute Gasteiger partial charge is 0.229 e. The van der Waals surface area contributed by atoms with Gasteiger partial charge in [0.2, 0.25) is 0 Å². The summed E-state index contributed by atoms with van der Waals surface area (Å²) in [4.78, 5) is 0. The number of hydrogen-bond acceptors (Lipinski definition) is 4. The van der Waals surface area contributed by atoms with Crippen molar-refractivity contribution in [3.63, 3.8) is 0 Å². The molecule has 0 spiro atoms. The van der Waals surface area contributed by atoms with E-state index in [0.29, 0.717) is 0 Å². The van der Waals surface area contributed by atoms with E-state index >= 15 is 0 Å². The summed E-state index contributed by atoms with van der Waals surface area (Å²) in [7, 11) is -2.66. The topological polar surface area (TPSA) is 75.7 Å². The van der Waals surface area contributed by atoms with Crippen LogP contribution in [0, 0.1) is 0 Å². The van der Waals surface area contributed by atoms with Crippen LogP contribution >= 0.6 is 0 Å². The fourth-order valence-electron chi connectivity index (χ4n) is 0.990. The average molecular weight is 241 g/mol. The molecule has 1 aromatic heterocycles. The summed E-state index contributed by atoms with van der Waals surface area (Å²) in [5, 5.41) is 10.3. The highest BCUT2D eigenvalue weighted by Gasteiger charge is 1.99. The van der Waals surface area contributed by atoms with Gasteiger partial charge in [0.1, 0.15) is 20.9 Å². The summed E-state index contributed by atoms with van der Waals surface area (Å²) >= 11 is 0. The number of benzene rings is 1. The summed E-state index contributed by atoms with van der Waals surface area (Å²) in [6.45, 7) is 3.30. The molecule has 1 heterocycles. The van der Waals surface area contributed by atoms with Crippen LogP contribution in [0.2, 0.25) is 0 Å². The molecule has 2 rings (SSSR count). The first-order valence-electron chi connectivity index (χ1n) is 5.05. The zero-order valence-electron chi connectivity index (χ0n) is 9.34. The lowest BCUT2D eigenvalue weighted by Gasteiger charge is -1.89. The van der Waals surface area contributed by atoms with E-state index in [1.54, 1.807) is 13.8 Å². The molecule has 0 fully saturated rings. The molecule has 5 nitrogen and oxygen atoms in total. The third-order valence-corrected chi connectivity index (χ3v) is 3.86. The molecule has 88 valence electrons. The first-order chi connectivity index (χ1) is 7.59. The Bertz CT molecular complexity index is 493. The number of aromatic nitrogens is 3. The maximum Gasteiger partial charge on any atom is 0.149 e. The highest BCUT2D eigenvalue weighted by atomic mass is 32.2. The minimum absolute atomic E-state index is 0.267. The molecule has 6 heteroatoms. The lowest BCUT2D eigenvalue weighted by Crippen LogP contribution is -2.04. The second-order valence-electron chi connectivity index (χ2n) is 3.13. The van der Waals surface area contributed by atoms with Crippen LogP contribution in [0.1, 0.15) is 13.8 Å². The summed E-state index contributed by atoms with van der Waals surface area (Å²) in [6, 6.07) is 7.70. The quantitative estimate of drug-likeness (QED) is 0.862. The molecular formula is C10H15N3O2S. The van der Waals surface area contributed by atoms with Gasteiger partial charge in [-0.15, -0.1) is 0 Å². The van der Waals surface area contributed by atoms with Crippen molar-refractivity contribution in [2.24, 2.45) is 0 Å². The lowest BCUT2D eigenvalue weighted by atomic mass is 10.3. The molecule has 16 heavy (non-hydrogen) atoms. The van der Waals surface area contributed by atoms with Gasteiger partial charge in [-0.05, 0) is 12.1 Å². The monoisotopic (exact) mass is 241 g/mol. The Kier molecular flexibility index (Phi) is 4.42. The molecule has 0 atom stereocenters. The van der Waals surface area contributed by atoms with Crippen molar-refractivity contribution >= 4 is 20.9 Å². The number of fused-ring (bicyclic) bond motifs is 1. The van der Waals surface area contributed by atoms with Crippen LogP contribution in [-0.2, 0) is 9.84 Å². The predicted molar refractivity (Wildman–Crippen MR) is 63.9 cm³/mol. The van der Waals surface area contributed by atoms with Gasteiger partial charge in [0, 0.05) is 11.5 Å². The van der Waals surface area contributed by atoms with Crippen LogP contribution < -0.4 is 0 Å². The summed E-state index contributed by atoms with van der Waals surface area (Å²) < 4.78 is 20.7. The Morgan fingerprint density at radius 1 is 1.06 bits per heavy atom. The van der Waals surface area contributed by atoms with Crippen molar-refractivity contribution in [3.8, 4) is 0 Å². The maximum absolute atomic E-state index is 10.4. The van der Waals surface area contributed by atoms with E-state index < -0.39 is 9.84 Å². The number of para-hydroxylation sites is 2. The highest BCUT2D eigenvalue weighted by Crippen LogP contribution is 2.03. The smallest absolute Gasteiger partial charge is 0.149 e. The molecule has 0 aliphatic carbocycles. The molecule has 0 aliphatic rings. The van der Waals surface area contributed by atoms with E-state index in [1.165, 1.54) is 0 Å². The Balaban J connectivity index is 0.000000168. The molecule has 0 unspecified atom stereocenters. The summed E-state index contributed by atoms with van der Waals surface area (Å²) in [6.07, 6.45) is 0. The molecule has 2 aromatic rings. The van der Waals surface area contributed by atoms with Crippen LogP contribution in [0.5, 0.6) is 0 Å². The van der Waals surface area contributed by atoms with E-state index in [9.17, 15) is 8.42 Å². The summed E-state index contributed by atoms with van der Waals surface area (Å²) in [5.41, 5.74) is 1.83. The van der Waals surface area contributed by atoms with Crippen molar-refractivity contribution < 1.29 is 8.42 Å². The van der Waals surface area contributed by atoms with Gasteiger partial charge in [0.05, 0.1) is 0 Å². The average Bonchev–Trinajstić information content (AvgIpc) is 2.78. The van der Waals surface area contributed by atoms with Crippen LogP contribution in [0.15, 0.2) is 24.3 Å². The first kappa shape index (κ1) is 12.6. The van der Waals surface area contributed by atoms with E-state index in [4.69, 9.17) is 0 Å². The molecule has 0 saturated heterocycles. The lowest BCUT2D eigenvalue weighted by molar-refractivity contribution is 0.598. The van der Waals surface area contributed by atoms with Crippen molar-refractivity contribution in [2.75, 3.05) is 11.5 Å². The van der Waals surface area contributed by atoms with Crippen molar-refractivity contribution in [1.82, 2.24) is 15.4 Å². The van der Waals surface area contributed by atoms with E-state index in [-0.39, 0.29) is 11.5 Å². The molecule has 0 saturated carbocycles. The molecule has 0 amide bonds. The molecule has 0 radical (unpaired) electrons. The van der Waals surface area contributed by atoms with E-state index in [0.717, 1.165) is 11.0 Å². The second kappa shape index (κ2) is 5.60. The Labute approximate surface area is 94.8 Å². The highest BCUT2D eigenvalue weighted by molar-refractivity contribution is 7.91. The summed E-state index contributed by atoms with van der Waals surface area (Å²) in [5.74, 6) is 0.535. The minimum Gasteiger partial charge on any atom is -0.229 e. The zero-order valence-corrected chi connectivity index (χ0v) is 10.2. The molecule has 0 bridgehead atoms. The van der Waals surface area contributed by atoms with Gasteiger partial charge in [-0.1, -0.05) is 26.0 Å². The number of sulfone groups is 1. The number of hydrogen-bond donors (Lipinski definition) is 1. The minimum atomic E-state index is -2.66. The van der Waals surface area contributed by atoms with Crippen molar-refractivity contribution in [2.45, 2.75) is 13.8 Å². The van der Waals surface area contributed by atoms with E-state index in [1.807, 2.05) is 24.3 Å². The Morgan fingerprint density at radius 2 is 1.50 bits per heavy atom. The molecule has 1 aromatic carbocycles. The van der Waals surface area contributed by atoms with Gasteiger partial charge in [-0.25, -0.2) is 8.42 Å². The van der Waals surface area contributed by atoms with Crippen LogP contribution in [-0.4, -0.2) is 35.3 Å². The third-order valence-electron chi connectivity index (χ3n) is 2.10. The maximum atomic E-state index is 10.4. The standard InChI is InChI=1S/C6H5N3.C4H10O2S/c1-2-4-6-5(3-1)7-9-8-6;1-3-7(5,6)4-2/h1-4H,(H,7,8,9);3-4H2,1-2H3. The van der Waals surface area contributed by atoms with Gasteiger partial charge >= 0.3 is 0 Å². The number of rotatable bonds is 2. The van der Waals surface area contributed by atoms with Crippen LogP contribution in [0.25, 0.3) is 11.0 Å². The normalized spacial score (nSPS) is 10.9. The molecular weight excluding hydrogens is 226 g/mol. The zero-order chi connectivity index (χ0) is 12.0. The molecule has 1 N–H and O–H groups in total. The van der Waals surface area contributed by atoms with Crippen LogP contribution in [0.4, 0.5) is 0 Å². The predicted octanol–water partition coefficient (Wildman–Crippen LogP) is 1.40. The third kappa shape index (κ3) is 3.62. The van der Waals surface area contributed by atoms with Crippen LogP contribution in [0.3, 0.4) is 0 Å². The van der Waals surface area contributed by atoms with Gasteiger partial charge in [0.15, 0.2) is 0 Å². The van der Waals surface area contributed by atoms with Gasteiger partial charge in [-0.3, -0.25) is 0 Å². The fraction of sp³-hybridized carbons (Fsp3) is 0.400. The second-order valence-corrected chi connectivity index (χ2v) is 5.78. The number of aromatic amines is 1. The van der Waals surface area contributed by atoms with Crippen molar-refractivity contribution in [3.05, 3.63) is 24.3 Å². The Morgan fingerprint density at radius 3 is 1.81 bits per heavy atom. The SMILES string of the molecule is CCS(=O)(=O)CC.c1ccc2n[nH]nc2c1. The van der Waals surface area contributed by atoms with Gasteiger partial charge in [0.25, 0.3) is 0 Å². The fourth-order valence-corrected chi connectivity index (χ4v) is 1.40. The number of nitrogens with one attached hydrogen (secondary N) is 1. The number of H-pyrrole nitrogens is 1. The first-order valence-corrected chi connectivity index (χ1v) is 6.87. The number of nitrogens with zero attached hydrogens (tertiary/aromatic N) is 2. The van der Waals surface area contributed by atoms with Gasteiger partial charge in [-0.2, -0.15) is 15.4 Å².